The van der Waals surface area contributed by atoms with Gasteiger partial charge in [-0.2, -0.15) is 0 Å². The maximum atomic E-state index is 11.4. The molecule has 1 rings (SSSR count). The van der Waals surface area contributed by atoms with Crippen LogP contribution < -0.4 is 11.1 Å². The highest BCUT2D eigenvalue weighted by Gasteiger charge is 2.08. The highest BCUT2D eigenvalue weighted by Crippen LogP contribution is 2.32. The molecule has 0 unspecified atom stereocenters. The molecule has 0 atom stereocenters. The SMILES string of the molecule is COCCNC(=O)CSc1c(N)cccc1Cl. The van der Waals surface area contributed by atoms with E-state index in [0.29, 0.717) is 23.9 Å². The van der Waals surface area contributed by atoms with Crippen LogP contribution in [-0.4, -0.2) is 31.9 Å². The summed E-state index contributed by atoms with van der Waals surface area (Å²) < 4.78 is 4.83. The summed E-state index contributed by atoms with van der Waals surface area (Å²) >= 11 is 7.32. The fraction of sp³-hybridized carbons (Fsp3) is 0.364. The Morgan fingerprint density at radius 1 is 1.59 bits per heavy atom. The van der Waals surface area contributed by atoms with E-state index in [-0.39, 0.29) is 11.7 Å². The predicted octanol–water partition coefficient (Wildman–Crippen LogP) is 1.78. The molecule has 0 aliphatic carbocycles. The van der Waals surface area contributed by atoms with E-state index in [1.54, 1.807) is 25.3 Å². The first-order chi connectivity index (χ1) is 8.15. The molecule has 1 amide bonds. The van der Waals surface area contributed by atoms with Crippen molar-refractivity contribution in [2.75, 3.05) is 31.7 Å². The number of nitrogens with one attached hydrogen (secondary N) is 1. The van der Waals surface area contributed by atoms with Gasteiger partial charge in [0, 0.05) is 24.2 Å². The van der Waals surface area contributed by atoms with Crippen molar-refractivity contribution in [3.8, 4) is 0 Å². The van der Waals surface area contributed by atoms with Crippen LogP contribution in [0.2, 0.25) is 5.02 Å². The van der Waals surface area contributed by atoms with Gasteiger partial charge in [0.25, 0.3) is 0 Å². The summed E-state index contributed by atoms with van der Waals surface area (Å²) in [6, 6.07) is 5.29. The monoisotopic (exact) mass is 274 g/mol. The standard InChI is InChI=1S/C11H15ClN2O2S/c1-16-6-5-14-10(15)7-17-11-8(12)3-2-4-9(11)13/h2-4H,5-7,13H2,1H3,(H,14,15). The summed E-state index contributed by atoms with van der Waals surface area (Å²) in [5.74, 6) is 0.226. The van der Waals surface area contributed by atoms with Crippen molar-refractivity contribution >= 4 is 35.0 Å². The molecule has 17 heavy (non-hydrogen) atoms. The van der Waals surface area contributed by atoms with Crippen LogP contribution in [0.25, 0.3) is 0 Å². The first kappa shape index (κ1) is 14.2. The van der Waals surface area contributed by atoms with Crippen LogP contribution in [0.3, 0.4) is 0 Å². The smallest absolute Gasteiger partial charge is 0.230 e. The molecule has 6 heteroatoms. The van der Waals surface area contributed by atoms with E-state index in [9.17, 15) is 4.79 Å². The van der Waals surface area contributed by atoms with Crippen LogP contribution >= 0.6 is 23.4 Å². The van der Waals surface area contributed by atoms with Gasteiger partial charge in [-0.3, -0.25) is 4.79 Å². The second kappa shape index (κ2) is 7.42. The van der Waals surface area contributed by atoms with Gasteiger partial charge >= 0.3 is 0 Å². The van der Waals surface area contributed by atoms with Gasteiger partial charge in [-0.1, -0.05) is 17.7 Å². The Labute approximate surface area is 110 Å². The zero-order valence-electron chi connectivity index (χ0n) is 9.53. The lowest BCUT2D eigenvalue weighted by Crippen LogP contribution is -2.28. The number of halogens is 1. The lowest BCUT2D eigenvalue weighted by molar-refractivity contribution is -0.118. The molecule has 0 saturated heterocycles. The summed E-state index contributed by atoms with van der Waals surface area (Å²) in [5, 5.41) is 3.29. The number of anilines is 1. The number of methoxy groups -OCH3 is 1. The number of carbonyl (C=O) groups is 1. The van der Waals surface area contributed by atoms with Crippen molar-refractivity contribution in [1.29, 1.82) is 0 Å². The molecule has 1 aromatic carbocycles. The van der Waals surface area contributed by atoms with Gasteiger partial charge in [0.05, 0.1) is 17.4 Å². The Hall–Kier alpha value is -0.910. The van der Waals surface area contributed by atoms with E-state index in [2.05, 4.69) is 5.32 Å². The Morgan fingerprint density at radius 2 is 2.35 bits per heavy atom. The van der Waals surface area contributed by atoms with Gasteiger partial charge in [0.15, 0.2) is 0 Å². The van der Waals surface area contributed by atoms with Crippen LogP contribution in [0.15, 0.2) is 23.1 Å². The average Bonchev–Trinajstić information content (AvgIpc) is 2.29. The number of hydrogen-bond donors (Lipinski definition) is 2. The van der Waals surface area contributed by atoms with E-state index < -0.39 is 0 Å². The third kappa shape index (κ3) is 4.85. The molecule has 0 bridgehead atoms. The van der Waals surface area contributed by atoms with E-state index in [1.807, 2.05) is 0 Å². The van der Waals surface area contributed by atoms with Crippen molar-refractivity contribution in [3.05, 3.63) is 23.2 Å². The lowest BCUT2D eigenvalue weighted by atomic mass is 10.3. The summed E-state index contributed by atoms with van der Waals surface area (Å²) in [6.45, 7) is 1.01. The number of nitrogens with two attached hydrogens (primary N) is 1. The van der Waals surface area contributed by atoms with E-state index in [0.717, 1.165) is 4.90 Å². The quantitative estimate of drug-likeness (QED) is 0.471. The van der Waals surface area contributed by atoms with Crippen molar-refractivity contribution < 1.29 is 9.53 Å². The number of amides is 1. The Kier molecular flexibility index (Phi) is 6.18. The van der Waals surface area contributed by atoms with Gasteiger partial charge < -0.3 is 15.8 Å². The van der Waals surface area contributed by atoms with Gasteiger partial charge in [-0.05, 0) is 12.1 Å². The molecule has 0 aliphatic rings. The highest BCUT2D eigenvalue weighted by molar-refractivity contribution is 8.00. The van der Waals surface area contributed by atoms with Gasteiger partial charge in [0.1, 0.15) is 0 Å². The molecule has 0 radical (unpaired) electrons. The Balaban J connectivity index is 2.42. The van der Waals surface area contributed by atoms with Crippen LogP contribution in [0, 0.1) is 0 Å². The van der Waals surface area contributed by atoms with Gasteiger partial charge in [-0.15, -0.1) is 11.8 Å². The summed E-state index contributed by atoms with van der Waals surface area (Å²) in [5.41, 5.74) is 6.36. The van der Waals surface area contributed by atoms with Crippen LogP contribution in [0.1, 0.15) is 0 Å². The maximum Gasteiger partial charge on any atom is 0.230 e. The van der Waals surface area contributed by atoms with Crippen molar-refractivity contribution in [1.82, 2.24) is 5.32 Å². The second-order valence-corrected chi connectivity index (χ2v) is 4.68. The number of ether oxygens (including phenoxy) is 1. The summed E-state index contributed by atoms with van der Waals surface area (Å²) in [7, 11) is 1.59. The van der Waals surface area contributed by atoms with E-state index in [4.69, 9.17) is 22.1 Å². The zero-order chi connectivity index (χ0) is 12.7. The fourth-order valence-corrected chi connectivity index (χ4v) is 2.32. The minimum absolute atomic E-state index is 0.0635. The minimum atomic E-state index is -0.0635. The number of benzene rings is 1. The zero-order valence-corrected chi connectivity index (χ0v) is 11.1. The third-order valence-electron chi connectivity index (χ3n) is 1.97. The molecule has 0 heterocycles. The van der Waals surface area contributed by atoms with Crippen LogP contribution in [-0.2, 0) is 9.53 Å². The predicted molar refractivity (Wildman–Crippen MR) is 71.5 cm³/mol. The molecule has 0 saturated carbocycles. The summed E-state index contributed by atoms with van der Waals surface area (Å²) in [6.07, 6.45) is 0. The number of hydrogen-bond acceptors (Lipinski definition) is 4. The number of nitrogen functional groups attached to an aromatic ring is 1. The normalized spacial score (nSPS) is 10.2. The largest absolute Gasteiger partial charge is 0.398 e. The minimum Gasteiger partial charge on any atom is -0.398 e. The lowest BCUT2D eigenvalue weighted by Gasteiger charge is -2.07. The van der Waals surface area contributed by atoms with E-state index >= 15 is 0 Å². The van der Waals surface area contributed by atoms with Crippen molar-refractivity contribution in [3.63, 3.8) is 0 Å². The second-order valence-electron chi connectivity index (χ2n) is 3.29. The van der Waals surface area contributed by atoms with Crippen LogP contribution in [0.5, 0.6) is 0 Å². The number of rotatable bonds is 6. The van der Waals surface area contributed by atoms with Gasteiger partial charge in [-0.25, -0.2) is 0 Å². The summed E-state index contributed by atoms with van der Waals surface area (Å²) in [4.78, 5) is 12.2. The molecule has 1 aromatic rings. The van der Waals surface area contributed by atoms with Crippen molar-refractivity contribution in [2.24, 2.45) is 0 Å². The molecule has 3 N–H and O–H groups in total. The molecular formula is C11H15ClN2O2S. The fourth-order valence-electron chi connectivity index (χ4n) is 1.16. The first-order valence-corrected chi connectivity index (χ1v) is 6.44. The molecular weight excluding hydrogens is 260 g/mol. The van der Waals surface area contributed by atoms with E-state index in [1.165, 1.54) is 11.8 Å². The average molecular weight is 275 g/mol. The third-order valence-corrected chi connectivity index (χ3v) is 3.55. The Bertz CT molecular complexity index is 367. The Morgan fingerprint density at radius 3 is 3.00 bits per heavy atom. The molecule has 0 aromatic heterocycles. The number of thioether (sulfide) groups is 1. The topological polar surface area (TPSA) is 64.3 Å². The highest BCUT2D eigenvalue weighted by atomic mass is 35.5. The molecule has 0 fully saturated rings. The van der Waals surface area contributed by atoms with Crippen molar-refractivity contribution in [2.45, 2.75) is 4.90 Å². The first-order valence-electron chi connectivity index (χ1n) is 5.07. The number of carbonyl (C=O) groups excluding carboxylic acids is 1. The molecule has 94 valence electrons. The molecule has 0 aliphatic heterocycles. The molecule has 4 nitrogen and oxygen atoms in total. The van der Waals surface area contributed by atoms with Gasteiger partial charge in [0.2, 0.25) is 5.91 Å². The molecule has 0 spiro atoms. The van der Waals surface area contributed by atoms with Crippen LogP contribution in [0.4, 0.5) is 5.69 Å². The maximum absolute atomic E-state index is 11.4.